The van der Waals surface area contributed by atoms with Crippen LogP contribution in [0.4, 0.5) is 0 Å². The van der Waals surface area contributed by atoms with E-state index in [1.807, 2.05) is 0 Å². The van der Waals surface area contributed by atoms with E-state index in [4.69, 9.17) is 0 Å². The van der Waals surface area contributed by atoms with Gasteiger partial charge in [0.15, 0.2) is 0 Å². The fourth-order valence-corrected chi connectivity index (χ4v) is 13.8. The molecule has 0 unspecified atom stereocenters. The molecule has 0 aliphatic heterocycles. The Morgan fingerprint density at radius 1 is 0.310 bits per heavy atom. The molecule has 1 aliphatic carbocycles. The van der Waals surface area contributed by atoms with E-state index in [2.05, 4.69) is 231 Å². The highest BCUT2D eigenvalue weighted by Crippen LogP contribution is 2.48. The Balaban J connectivity index is 1.37. The number of hydrogen-bond donors (Lipinski definition) is 0. The van der Waals surface area contributed by atoms with Crippen LogP contribution in [-0.2, 0) is 6.42 Å². The minimum Gasteiger partial charge on any atom is -0.0757 e. The van der Waals surface area contributed by atoms with E-state index < -0.39 is 15.8 Å². The fraction of sp³-hybridized carbons (Fsp3) is 0.0357. The van der Waals surface area contributed by atoms with Crippen LogP contribution in [0.25, 0.3) is 38.6 Å². The Morgan fingerprint density at radius 2 is 0.759 bits per heavy atom. The van der Waals surface area contributed by atoms with E-state index in [-0.39, 0.29) is 0 Å². The van der Waals surface area contributed by atoms with E-state index in [0.717, 1.165) is 12.8 Å². The molecule has 0 atom stereocenters. The lowest BCUT2D eigenvalue weighted by molar-refractivity contribution is 0.982. The second-order valence-corrected chi connectivity index (χ2v) is 19.1. The Kier molecular flexibility index (Phi) is 10.2. The third-order valence-corrected chi connectivity index (χ3v) is 16.3. The highest BCUT2D eigenvalue weighted by atomic mass is 31.1. The van der Waals surface area contributed by atoms with Crippen molar-refractivity contribution in [2.24, 2.45) is 0 Å². The molecule has 0 heterocycles. The fourth-order valence-electron chi connectivity index (χ4n) is 8.80. The summed E-state index contributed by atoms with van der Waals surface area (Å²) >= 11 is 0. The van der Waals surface area contributed by atoms with E-state index >= 15 is 0 Å². The average molecular weight is 777 g/mol. The summed E-state index contributed by atoms with van der Waals surface area (Å²) in [5.74, 6) is 0. The molecular formula is C56H42P2. The minimum absolute atomic E-state index is 0.933. The van der Waals surface area contributed by atoms with Gasteiger partial charge in [-0.2, -0.15) is 0 Å². The number of hydrogen-bond acceptors (Lipinski definition) is 0. The summed E-state index contributed by atoms with van der Waals surface area (Å²) in [5.41, 5.74) is 10.7. The molecule has 0 N–H and O–H groups in total. The third kappa shape index (κ3) is 6.84. The molecule has 0 bridgehead atoms. The van der Waals surface area contributed by atoms with Gasteiger partial charge in [0, 0.05) is 0 Å². The maximum absolute atomic E-state index is 2.50. The van der Waals surface area contributed by atoms with Crippen LogP contribution < -0.4 is 31.8 Å². The zero-order valence-corrected chi connectivity index (χ0v) is 34.0. The minimum atomic E-state index is -0.943. The van der Waals surface area contributed by atoms with E-state index in [1.54, 1.807) is 0 Å². The van der Waals surface area contributed by atoms with Crippen molar-refractivity contribution in [1.82, 2.24) is 0 Å². The molecule has 0 saturated carbocycles. The molecule has 0 saturated heterocycles. The van der Waals surface area contributed by atoms with E-state index in [0.29, 0.717) is 0 Å². The normalized spacial score (nSPS) is 12.4. The van der Waals surface area contributed by atoms with Crippen molar-refractivity contribution in [1.29, 1.82) is 0 Å². The molecule has 2 heteroatoms. The molecule has 0 spiro atoms. The molecule has 10 rings (SSSR count). The van der Waals surface area contributed by atoms with Gasteiger partial charge in [-0.15, -0.1) is 0 Å². The lowest BCUT2D eigenvalue weighted by atomic mass is 9.81. The maximum atomic E-state index is 2.50. The highest BCUT2D eigenvalue weighted by Gasteiger charge is 2.31. The van der Waals surface area contributed by atoms with Gasteiger partial charge in [0.2, 0.25) is 0 Å². The first-order chi connectivity index (χ1) is 28.8. The average Bonchev–Trinajstić information content (AvgIpc) is 3.31. The molecule has 58 heavy (non-hydrogen) atoms. The highest BCUT2D eigenvalue weighted by molar-refractivity contribution is 7.80. The predicted molar refractivity (Wildman–Crippen MR) is 254 cm³/mol. The van der Waals surface area contributed by atoms with Crippen molar-refractivity contribution in [3.63, 3.8) is 0 Å². The first-order valence-electron chi connectivity index (χ1n) is 20.2. The first-order valence-corrected chi connectivity index (χ1v) is 22.9. The Bertz CT molecular complexity index is 2770. The zero-order chi connectivity index (χ0) is 38.7. The molecule has 0 fully saturated rings. The van der Waals surface area contributed by atoms with Crippen molar-refractivity contribution in [3.05, 3.63) is 247 Å². The quantitative estimate of drug-likeness (QED) is 0.128. The van der Waals surface area contributed by atoms with Crippen molar-refractivity contribution >= 4 is 64.0 Å². The number of allylic oxidation sites excluding steroid dienone is 1. The molecule has 9 aromatic carbocycles. The van der Waals surface area contributed by atoms with Gasteiger partial charge in [-0.05, 0) is 116 Å². The third-order valence-electron chi connectivity index (χ3n) is 11.3. The monoisotopic (exact) mass is 776 g/mol. The lowest BCUT2D eigenvalue weighted by Crippen LogP contribution is -2.27. The van der Waals surface area contributed by atoms with Crippen LogP contribution in [-0.4, -0.2) is 0 Å². The summed E-state index contributed by atoms with van der Waals surface area (Å²) in [6, 6.07) is 83.8. The van der Waals surface area contributed by atoms with Gasteiger partial charge in [-0.25, -0.2) is 0 Å². The Labute approximate surface area is 344 Å². The molecule has 0 amide bonds. The molecular weight excluding hydrogens is 735 g/mol. The number of benzene rings is 9. The van der Waals surface area contributed by atoms with Gasteiger partial charge in [0.25, 0.3) is 0 Å². The van der Waals surface area contributed by atoms with Gasteiger partial charge in [0.1, 0.15) is 0 Å². The SMILES string of the molecule is C1=C(c2ccccc2)c2ccc(P(c3ccccc3)c3ccccc3)c(-c3c(P(c4ccccc4)c4ccccc4)ccc4c(-c5ccccc5)cccc34)c2CC1. The molecule has 1 aliphatic rings. The molecule has 0 nitrogen and oxygen atoms in total. The first kappa shape index (κ1) is 36.2. The van der Waals surface area contributed by atoms with Crippen LogP contribution in [0.2, 0.25) is 0 Å². The van der Waals surface area contributed by atoms with Crippen LogP contribution in [0.15, 0.2) is 231 Å². The summed E-state index contributed by atoms with van der Waals surface area (Å²) in [5, 5.41) is 10.8. The summed E-state index contributed by atoms with van der Waals surface area (Å²) in [7, 11) is -1.88. The van der Waals surface area contributed by atoms with Gasteiger partial charge < -0.3 is 0 Å². The van der Waals surface area contributed by atoms with Gasteiger partial charge in [0.05, 0.1) is 0 Å². The predicted octanol–water partition coefficient (Wildman–Crippen LogP) is 12.1. The summed E-state index contributed by atoms with van der Waals surface area (Å²) < 4.78 is 0. The van der Waals surface area contributed by atoms with E-state index in [1.165, 1.54) is 87.1 Å². The molecule has 0 radical (unpaired) electrons. The number of fused-ring (bicyclic) bond motifs is 2. The molecule has 0 aromatic heterocycles. The van der Waals surface area contributed by atoms with Crippen LogP contribution in [0.1, 0.15) is 23.1 Å². The summed E-state index contributed by atoms with van der Waals surface area (Å²) in [4.78, 5) is 0. The van der Waals surface area contributed by atoms with Crippen LogP contribution in [0, 0.1) is 0 Å². The topological polar surface area (TPSA) is 0 Å². The van der Waals surface area contributed by atoms with Crippen molar-refractivity contribution in [3.8, 4) is 22.3 Å². The van der Waals surface area contributed by atoms with Crippen molar-refractivity contribution in [2.75, 3.05) is 0 Å². The lowest BCUT2D eigenvalue weighted by Gasteiger charge is -2.31. The Morgan fingerprint density at radius 3 is 1.28 bits per heavy atom. The maximum Gasteiger partial charge on any atom is -0.00119 e. The zero-order valence-electron chi connectivity index (χ0n) is 32.2. The van der Waals surface area contributed by atoms with Crippen LogP contribution >= 0.6 is 15.8 Å². The van der Waals surface area contributed by atoms with Gasteiger partial charge in [-0.1, -0.05) is 231 Å². The van der Waals surface area contributed by atoms with Crippen LogP contribution in [0.3, 0.4) is 0 Å². The van der Waals surface area contributed by atoms with E-state index in [9.17, 15) is 0 Å². The second kappa shape index (κ2) is 16.4. The Hall–Kier alpha value is -6.16. The summed E-state index contributed by atoms with van der Waals surface area (Å²) in [6.07, 6.45) is 4.44. The van der Waals surface area contributed by atoms with Crippen LogP contribution in [0.5, 0.6) is 0 Å². The molecule has 9 aromatic rings. The van der Waals surface area contributed by atoms with Gasteiger partial charge in [-0.3, -0.25) is 0 Å². The standard InChI is InChI=1S/C56H42P2/c1-7-21-41(22-8-1)47-33-19-35-51-49(47)37-39-53(57(43-25-11-3-12-26-43)44-27-13-4-14-28-44)55(51)56-52-36-20-34-48(42-23-9-2-10-24-42)50(52)38-40-54(56)58(45-29-15-5-16-30-45)46-31-17-6-18-32-46/h1-19,21-35,37-40H,20,36H2. The largest absolute Gasteiger partial charge is 0.0757 e. The smallest absolute Gasteiger partial charge is 0.00119 e. The van der Waals surface area contributed by atoms with Gasteiger partial charge >= 0.3 is 0 Å². The molecule has 276 valence electrons. The summed E-state index contributed by atoms with van der Waals surface area (Å²) in [6.45, 7) is 0. The van der Waals surface area contributed by atoms with Crippen molar-refractivity contribution < 1.29 is 0 Å². The van der Waals surface area contributed by atoms with Crippen molar-refractivity contribution in [2.45, 2.75) is 12.8 Å². The number of rotatable bonds is 9. The second-order valence-electron chi connectivity index (χ2n) is 14.7.